The minimum absolute atomic E-state index is 0.0214. The van der Waals surface area contributed by atoms with E-state index in [1.165, 1.54) is 17.7 Å². The van der Waals surface area contributed by atoms with Crippen molar-refractivity contribution in [2.24, 2.45) is 0 Å². The summed E-state index contributed by atoms with van der Waals surface area (Å²) in [7, 11) is 0. The van der Waals surface area contributed by atoms with Crippen molar-refractivity contribution < 1.29 is 4.39 Å². The summed E-state index contributed by atoms with van der Waals surface area (Å²) in [5.41, 5.74) is 3.27. The molecule has 0 saturated carbocycles. The van der Waals surface area contributed by atoms with Gasteiger partial charge in [0, 0.05) is 12.2 Å². The van der Waals surface area contributed by atoms with Crippen molar-refractivity contribution in [2.45, 2.75) is 32.7 Å². The van der Waals surface area contributed by atoms with E-state index in [9.17, 15) is 4.39 Å². The molecule has 0 aliphatic carbocycles. The first-order valence-corrected chi connectivity index (χ1v) is 7.51. The van der Waals surface area contributed by atoms with Crippen LogP contribution in [0.3, 0.4) is 0 Å². The molecule has 0 aliphatic rings. The number of hydrogen-bond donors (Lipinski definition) is 1. The van der Waals surface area contributed by atoms with Gasteiger partial charge < -0.3 is 5.32 Å². The summed E-state index contributed by atoms with van der Waals surface area (Å²) in [5, 5.41) is 3.24. The van der Waals surface area contributed by atoms with Crippen LogP contribution in [0.25, 0.3) is 0 Å². The van der Waals surface area contributed by atoms with Crippen molar-refractivity contribution in [3.8, 4) is 0 Å². The van der Waals surface area contributed by atoms with Gasteiger partial charge in [0.25, 0.3) is 0 Å². The van der Waals surface area contributed by atoms with E-state index in [0.29, 0.717) is 12.2 Å². The van der Waals surface area contributed by atoms with Crippen molar-refractivity contribution in [2.75, 3.05) is 5.32 Å². The lowest BCUT2D eigenvalue weighted by Gasteiger charge is -2.19. The Kier molecular flexibility index (Phi) is 4.80. The molecular weight excluding hydrogens is 308 g/mol. The molecule has 0 amide bonds. The van der Waals surface area contributed by atoms with E-state index in [1.54, 1.807) is 0 Å². The number of anilines is 1. The van der Waals surface area contributed by atoms with Crippen LogP contribution in [0, 0.1) is 5.82 Å². The maximum absolute atomic E-state index is 13.3. The number of benzene rings is 2. The van der Waals surface area contributed by atoms with Gasteiger partial charge in [0.05, 0.1) is 10.0 Å². The zero-order valence-electron chi connectivity index (χ0n) is 12.3. The molecule has 1 N–H and O–H groups in total. The van der Waals surface area contributed by atoms with Gasteiger partial charge in [0.1, 0.15) is 0 Å². The van der Waals surface area contributed by atoms with E-state index >= 15 is 0 Å². The molecule has 0 spiro atoms. The van der Waals surface area contributed by atoms with Gasteiger partial charge in [0.15, 0.2) is 5.82 Å². The van der Waals surface area contributed by atoms with Gasteiger partial charge in [-0.3, -0.25) is 0 Å². The van der Waals surface area contributed by atoms with Crippen molar-refractivity contribution in [3.05, 3.63) is 63.4 Å². The quantitative estimate of drug-likeness (QED) is 0.678. The Morgan fingerprint density at radius 1 is 1.00 bits per heavy atom. The predicted octanol–water partition coefficient (Wildman–Crippen LogP) is 6.04. The fourth-order valence-corrected chi connectivity index (χ4v) is 2.47. The number of rotatable bonds is 3. The highest BCUT2D eigenvalue weighted by Crippen LogP contribution is 2.28. The van der Waals surface area contributed by atoms with Crippen molar-refractivity contribution in [3.63, 3.8) is 0 Å². The van der Waals surface area contributed by atoms with Gasteiger partial charge in [-0.15, -0.1) is 0 Å². The van der Waals surface area contributed by atoms with Crippen molar-refractivity contribution in [1.29, 1.82) is 0 Å². The summed E-state index contributed by atoms with van der Waals surface area (Å²) in [4.78, 5) is 0. The lowest BCUT2D eigenvalue weighted by molar-refractivity contribution is 0.590. The van der Waals surface area contributed by atoms with Crippen LogP contribution in [0.1, 0.15) is 31.9 Å². The highest BCUT2D eigenvalue weighted by Gasteiger charge is 2.12. The summed E-state index contributed by atoms with van der Waals surface area (Å²) in [6.45, 7) is 7.18. The first-order chi connectivity index (χ1) is 9.77. The second kappa shape index (κ2) is 6.25. The Morgan fingerprint density at radius 2 is 1.52 bits per heavy atom. The molecule has 0 unspecified atom stereocenters. The Hall–Kier alpha value is -1.25. The molecule has 2 rings (SSSR count). The SMILES string of the molecule is CC(C)(C)c1ccc(CNc2cc(Cl)c(F)c(Cl)c2)cc1. The molecule has 2 aromatic rings. The predicted molar refractivity (Wildman–Crippen MR) is 88.9 cm³/mol. The Morgan fingerprint density at radius 3 is 2.00 bits per heavy atom. The monoisotopic (exact) mass is 325 g/mol. The molecule has 0 aromatic heterocycles. The number of nitrogens with one attached hydrogen (secondary N) is 1. The smallest absolute Gasteiger partial charge is 0.160 e. The van der Waals surface area contributed by atoms with E-state index < -0.39 is 5.82 Å². The average Bonchev–Trinajstić information content (AvgIpc) is 2.42. The molecule has 21 heavy (non-hydrogen) atoms. The van der Waals surface area contributed by atoms with E-state index in [-0.39, 0.29) is 15.5 Å². The molecule has 0 aliphatic heterocycles. The third kappa shape index (κ3) is 4.12. The van der Waals surface area contributed by atoms with Gasteiger partial charge >= 0.3 is 0 Å². The maximum Gasteiger partial charge on any atom is 0.160 e. The van der Waals surface area contributed by atoms with E-state index in [2.05, 4.69) is 50.4 Å². The van der Waals surface area contributed by atoms with Crippen molar-refractivity contribution in [1.82, 2.24) is 0 Å². The minimum Gasteiger partial charge on any atom is -0.381 e. The molecule has 0 atom stereocenters. The fraction of sp³-hybridized carbons (Fsp3) is 0.294. The van der Waals surface area contributed by atoms with Crippen LogP contribution >= 0.6 is 23.2 Å². The standard InChI is InChI=1S/C17H18Cl2FN/c1-17(2,3)12-6-4-11(5-7-12)10-21-13-8-14(18)16(20)15(19)9-13/h4-9,21H,10H2,1-3H3. The summed E-state index contributed by atoms with van der Waals surface area (Å²) in [6, 6.07) is 11.5. The van der Waals surface area contributed by atoms with Crippen LogP contribution in [-0.2, 0) is 12.0 Å². The third-order valence-corrected chi connectivity index (χ3v) is 3.85. The van der Waals surface area contributed by atoms with Crippen molar-refractivity contribution >= 4 is 28.9 Å². The summed E-state index contributed by atoms with van der Waals surface area (Å²) in [5.74, 6) is -0.585. The molecule has 0 saturated heterocycles. The molecule has 112 valence electrons. The van der Waals surface area contributed by atoms with E-state index in [4.69, 9.17) is 23.2 Å². The molecule has 0 heterocycles. The Bertz CT molecular complexity index is 607. The van der Waals surface area contributed by atoms with Crippen LogP contribution in [-0.4, -0.2) is 0 Å². The second-order valence-electron chi connectivity index (χ2n) is 6.05. The van der Waals surface area contributed by atoms with E-state index in [0.717, 1.165) is 5.56 Å². The molecule has 4 heteroatoms. The average molecular weight is 326 g/mol. The minimum atomic E-state index is -0.585. The number of halogens is 3. The Labute approximate surface area is 135 Å². The van der Waals surface area contributed by atoms with Crippen LogP contribution in [0.2, 0.25) is 10.0 Å². The summed E-state index contributed by atoms with van der Waals surface area (Å²) >= 11 is 11.5. The first kappa shape index (κ1) is 16.1. The first-order valence-electron chi connectivity index (χ1n) is 6.75. The fourth-order valence-electron chi connectivity index (χ4n) is 1.98. The van der Waals surface area contributed by atoms with Crippen LogP contribution in [0.5, 0.6) is 0 Å². The van der Waals surface area contributed by atoms with Crippen LogP contribution in [0.4, 0.5) is 10.1 Å². The van der Waals surface area contributed by atoms with E-state index in [1.807, 2.05) is 0 Å². The zero-order chi connectivity index (χ0) is 15.6. The van der Waals surface area contributed by atoms with Gasteiger partial charge in [-0.2, -0.15) is 0 Å². The Balaban J connectivity index is 2.07. The largest absolute Gasteiger partial charge is 0.381 e. The normalized spacial score (nSPS) is 11.5. The topological polar surface area (TPSA) is 12.0 Å². The zero-order valence-corrected chi connectivity index (χ0v) is 13.8. The molecule has 2 aromatic carbocycles. The van der Waals surface area contributed by atoms with Gasteiger partial charge in [-0.1, -0.05) is 68.2 Å². The van der Waals surface area contributed by atoms with Gasteiger partial charge in [-0.25, -0.2) is 4.39 Å². The highest BCUT2D eigenvalue weighted by molar-refractivity contribution is 6.35. The second-order valence-corrected chi connectivity index (χ2v) is 6.87. The molecule has 0 bridgehead atoms. The maximum atomic E-state index is 13.3. The molecule has 1 nitrogen and oxygen atoms in total. The highest BCUT2D eigenvalue weighted by atomic mass is 35.5. The van der Waals surface area contributed by atoms with Gasteiger partial charge in [-0.05, 0) is 28.7 Å². The van der Waals surface area contributed by atoms with Gasteiger partial charge in [0.2, 0.25) is 0 Å². The number of hydrogen-bond acceptors (Lipinski definition) is 1. The van der Waals surface area contributed by atoms with Crippen LogP contribution < -0.4 is 5.32 Å². The van der Waals surface area contributed by atoms with Crippen LogP contribution in [0.15, 0.2) is 36.4 Å². The lowest BCUT2D eigenvalue weighted by Crippen LogP contribution is -2.11. The summed E-state index contributed by atoms with van der Waals surface area (Å²) < 4.78 is 13.3. The lowest BCUT2D eigenvalue weighted by atomic mass is 9.87. The molecule has 0 radical (unpaired) electrons. The summed E-state index contributed by atoms with van der Waals surface area (Å²) in [6.07, 6.45) is 0. The third-order valence-electron chi connectivity index (χ3n) is 3.30. The molecule has 0 fully saturated rings. The molecular formula is C17H18Cl2FN.